The monoisotopic (exact) mass is 278 g/mol. The summed E-state index contributed by atoms with van der Waals surface area (Å²) in [6.07, 6.45) is 0. The van der Waals surface area contributed by atoms with Crippen molar-refractivity contribution in [2.75, 3.05) is 6.61 Å². The SMILES string of the molecule is CCOc1cccc(CNC(C)C(=O)NC(C)(C)C)c1. The highest BCUT2D eigenvalue weighted by atomic mass is 16.5. The summed E-state index contributed by atoms with van der Waals surface area (Å²) in [4.78, 5) is 12.0. The molecule has 0 aromatic heterocycles. The lowest BCUT2D eigenvalue weighted by Gasteiger charge is -2.23. The third-order valence-electron chi connectivity index (χ3n) is 2.71. The maximum absolute atomic E-state index is 12.0. The Bertz CT molecular complexity index is 438. The van der Waals surface area contributed by atoms with Crippen LogP contribution in [0.5, 0.6) is 5.75 Å². The molecule has 1 atom stereocenters. The van der Waals surface area contributed by atoms with Gasteiger partial charge in [-0.05, 0) is 52.3 Å². The first-order valence-corrected chi connectivity index (χ1v) is 7.09. The molecule has 1 rings (SSSR count). The van der Waals surface area contributed by atoms with Gasteiger partial charge in [0.15, 0.2) is 0 Å². The van der Waals surface area contributed by atoms with Crippen molar-refractivity contribution >= 4 is 5.91 Å². The largest absolute Gasteiger partial charge is 0.494 e. The number of ether oxygens (including phenoxy) is 1. The van der Waals surface area contributed by atoms with Crippen molar-refractivity contribution in [2.45, 2.75) is 52.7 Å². The number of amides is 1. The predicted octanol–water partition coefficient (Wildman–Crippen LogP) is 2.48. The van der Waals surface area contributed by atoms with Crippen molar-refractivity contribution in [1.29, 1.82) is 0 Å². The van der Waals surface area contributed by atoms with Crippen LogP contribution in [0, 0.1) is 0 Å². The normalized spacial score (nSPS) is 12.8. The highest BCUT2D eigenvalue weighted by Gasteiger charge is 2.18. The van der Waals surface area contributed by atoms with E-state index in [0.717, 1.165) is 11.3 Å². The van der Waals surface area contributed by atoms with Gasteiger partial charge in [-0.25, -0.2) is 0 Å². The minimum atomic E-state index is -0.232. The molecule has 4 heteroatoms. The summed E-state index contributed by atoms with van der Waals surface area (Å²) >= 11 is 0. The standard InChI is InChI=1S/C16H26N2O2/c1-6-20-14-9-7-8-13(10-14)11-17-12(2)15(19)18-16(3,4)5/h7-10,12,17H,6,11H2,1-5H3,(H,18,19). The lowest BCUT2D eigenvalue weighted by atomic mass is 10.1. The second-order valence-electron chi connectivity index (χ2n) is 5.92. The first-order chi connectivity index (χ1) is 9.31. The molecule has 0 saturated carbocycles. The Labute approximate surface area is 121 Å². The number of nitrogens with one attached hydrogen (secondary N) is 2. The van der Waals surface area contributed by atoms with Crippen molar-refractivity contribution in [3.63, 3.8) is 0 Å². The Kier molecular flexibility index (Phi) is 6.02. The van der Waals surface area contributed by atoms with E-state index in [4.69, 9.17) is 4.74 Å². The molecule has 0 bridgehead atoms. The quantitative estimate of drug-likeness (QED) is 0.840. The van der Waals surface area contributed by atoms with Crippen molar-refractivity contribution in [3.8, 4) is 5.75 Å². The molecular formula is C16H26N2O2. The van der Waals surface area contributed by atoms with Gasteiger partial charge in [0, 0.05) is 12.1 Å². The number of carbonyl (C=O) groups excluding carboxylic acids is 1. The number of hydrogen-bond acceptors (Lipinski definition) is 3. The lowest BCUT2D eigenvalue weighted by Crippen LogP contribution is -2.49. The molecule has 1 aromatic rings. The van der Waals surface area contributed by atoms with Gasteiger partial charge in [0.25, 0.3) is 0 Å². The zero-order valence-electron chi connectivity index (χ0n) is 13.1. The van der Waals surface area contributed by atoms with Crippen molar-refractivity contribution < 1.29 is 9.53 Å². The predicted molar refractivity (Wildman–Crippen MR) is 81.8 cm³/mol. The summed E-state index contributed by atoms with van der Waals surface area (Å²) in [5, 5.41) is 6.18. The Morgan fingerprint density at radius 2 is 2.05 bits per heavy atom. The van der Waals surface area contributed by atoms with Crippen LogP contribution in [0.25, 0.3) is 0 Å². The van der Waals surface area contributed by atoms with E-state index in [9.17, 15) is 4.79 Å². The molecule has 1 aromatic carbocycles. The molecule has 4 nitrogen and oxygen atoms in total. The average Bonchev–Trinajstić information content (AvgIpc) is 2.35. The van der Waals surface area contributed by atoms with E-state index in [2.05, 4.69) is 10.6 Å². The maximum Gasteiger partial charge on any atom is 0.237 e. The Hall–Kier alpha value is -1.55. The van der Waals surface area contributed by atoms with Gasteiger partial charge in [0.05, 0.1) is 12.6 Å². The van der Waals surface area contributed by atoms with E-state index in [1.54, 1.807) is 0 Å². The highest BCUT2D eigenvalue weighted by molar-refractivity contribution is 5.81. The molecule has 0 aliphatic rings. The zero-order valence-corrected chi connectivity index (χ0v) is 13.1. The topological polar surface area (TPSA) is 50.4 Å². The van der Waals surface area contributed by atoms with Gasteiger partial charge in [-0.1, -0.05) is 12.1 Å². The molecule has 0 aliphatic carbocycles. The highest BCUT2D eigenvalue weighted by Crippen LogP contribution is 2.13. The molecule has 1 amide bonds. The van der Waals surface area contributed by atoms with E-state index in [1.807, 2.05) is 58.9 Å². The van der Waals surface area contributed by atoms with Crippen LogP contribution >= 0.6 is 0 Å². The molecule has 0 radical (unpaired) electrons. The molecule has 0 saturated heterocycles. The summed E-state index contributed by atoms with van der Waals surface area (Å²) < 4.78 is 5.46. The molecule has 0 fully saturated rings. The molecule has 1 unspecified atom stereocenters. The third kappa shape index (κ3) is 6.06. The molecule has 0 aliphatic heterocycles. The average molecular weight is 278 g/mol. The van der Waals surface area contributed by atoms with Crippen molar-refractivity contribution in [1.82, 2.24) is 10.6 Å². The minimum Gasteiger partial charge on any atom is -0.494 e. The molecular weight excluding hydrogens is 252 g/mol. The van der Waals surface area contributed by atoms with E-state index >= 15 is 0 Å². The van der Waals surface area contributed by atoms with Crippen LogP contribution in [-0.4, -0.2) is 24.1 Å². The molecule has 2 N–H and O–H groups in total. The Balaban J connectivity index is 2.50. The van der Waals surface area contributed by atoms with Gasteiger partial charge in [-0.2, -0.15) is 0 Å². The second kappa shape index (κ2) is 7.29. The minimum absolute atomic E-state index is 0.0125. The van der Waals surface area contributed by atoms with Gasteiger partial charge in [-0.15, -0.1) is 0 Å². The second-order valence-corrected chi connectivity index (χ2v) is 5.92. The summed E-state index contributed by atoms with van der Waals surface area (Å²) in [6, 6.07) is 7.67. The summed E-state index contributed by atoms with van der Waals surface area (Å²) in [6.45, 7) is 11.0. The van der Waals surface area contributed by atoms with E-state index in [1.165, 1.54) is 0 Å². The molecule has 112 valence electrons. The van der Waals surface area contributed by atoms with Crippen LogP contribution in [0.3, 0.4) is 0 Å². The van der Waals surface area contributed by atoms with Crippen LogP contribution in [0.2, 0.25) is 0 Å². The van der Waals surface area contributed by atoms with Gasteiger partial charge in [0.1, 0.15) is 5.75 Å². The van der Waals surface area contributed by atoms with Crippen LogP contribution < -0.4 is 15.4 Å². The molecule has 0 heterocycles. The number of hydrogen-bond donors (Lipinski definition) is 2. The van der Waals surface area contributed by atoms with E-state index in [0.29, 0.717) is 13.2 Å². The van der Waals surface area contributed by atoms with Gasteiger partial charge >= 0.3 is 0 Å². The van der Waals surface area contributed by atoms with E-state index < -0.39 is 0 Å². The summed E-state index contributed by atoms with van der Waals surface area (Å²) in [5.74, 6) is 0.872. The third-order valence-corrected chi connectivity index (χ3v) is 2.71. The van der Waals surface area contributed by atoms with Gasteiger partial charge in [0.2, 0.25) is 5.91 Å². The van der Waals surface area contributed by atoms with E-state index in [-0.39, 0.29) is 17.5 Å². The smallest absolute Gasteiger partial charge is 0.237 e. The maximum atomic E-state index is 12.0. The number of carbonyl (C=O) groups is 1. The summed E-state index contributed by atoms with van der Waals surface area (Å²) in [5.41, 5.74) is 0.897. The van der Waals surface area contributed by atoms with Gasteiger partial charge in [-0.3, -0.25) is 4.79 Å². The molecule has 20 heavy (non-hydrogen) atoms. The summed E-state index contributed by atoms with van der Waals surface area (Å²) in [7, 11) is 0. The lowest BCUT2D eigenvalue weighted by molar-refractivity contribution is -0.124. The zero-order chi connectivity index (χ0) is 15.2. The van der Waals surface area contributed by atoms with Crippen molar-refractivity contribution in [2.24, 2.45) is 0 Å². The van der Waals surface area contributed by atoms with Gasteiger partial charge < -0.3 is 15.4 Å². The van der Waals surface area contributed by atoms with Crippen LogP contribution in [-0.2, 0) is 11.3 Å². The fourth-order valence-electron chi connectivity index (χ4n) is 1.75. The van der Waals surface area contributed by atoms with Crippen LogP contribution in [0.4, 0.5) is 0 Å². The fourth-order valence-corrected chi connectivity index (χ4v) is 1.75. The first-order valence-electron chi connectivity index (χ1n) is 7.09. The number of rotatable bonds is 6. The number of benzene rings is 1. The van der Waals surface area contributed by atoms with Crippen LogP contribution in [0.1, 0.15) is 40.2 Å². The fraction of sp³-hybridized carbons (Fsp3) is 0.562. The van der Waals surface area contributed by atoms with Crippen molar-refractivity contribution in [3.05, 3.63) is 29.8 Å². The Morgan fingerprint density at radius 1 is 1.35 bits per heavy atom. The van der Waals surface area contributed by atoms with Crippen LogP contribution in [0.15, 0.2) is 24.3 Å². The molecule has 0 spiro atoms. The Morgan fingerprint density at radius 3 is 2.65 bits per heavy atom. The first kappa shape index (κ1) is 16.5.